The summed E-state index contributed by atoms with van der Waals surface area (Å²) in [5, 5.41) is 4.86. The van der Waals surface area contributed by atoms with Crippen LogP contribution in [0.4, 0.5) is 110 Å². The molecule has 4 N–H and O–H groups in total. The molecule has 2 aromatic heterocycles. The van der Waals surface area contributed by atoms with Crippen molar-refractivity contribution in [2.24, 2.45) is 30.0 Å². The quantitative estimate of drug-likeness (QED) is 0.0685. The van der Waals surface area contributed by atoms with Gasteiger partial charge in [-0.2, -0.15) is 0 Å². The van der Waals surface area contributed by atoms with Crippen LogP contribution in [0.3, 0.4) is 0 Å². The number of anilines is 8. The third-order valence-corrected chi connectivity index (χ3v) is 23.9. The second kappa shape index (κ2) is 19.0. The molecule has 0 fully saturated rings. The first kappa shape index (κ1) is 52.0. The van der Waals surface area contributed by atoms with E-state index in [-0.39, 0.29) is 22.7 Å². The number of halogens is 14. The summed E-state index contributed by atoms with van der Waals surface area (Å²) in [7, 11) is 15.5. The van der Waals surface area contributed by atoms with E-state index in [0.29, 0.717) is 5.58 Å². The van der Waals surface area contributed by atoms with Gasteiger partial charge in [-0.15, -0.1) is 0 Å². The van der Waals surface area contributed by atoms with Crippen LogP contribution in [0.2, 0.25) is 0 Å². The summed E-state index contributed by atoms with van der Waals surface area (Å²) >= 11 is -7.06. The topological polar surface area (TPSA) is 132 Å². The molecule has 10 aromatic rings. The molecule has 0 atom stereocenters. The Morgan fingerprint density at radius 2 is 0.566 bits per heavy atom. The minimum absolute atomic E-state index is 0.0143. The number of benzene rings is 8. The van der Waals surface area contributed by atoms with E-state index in [0.717, 1.165) is 0 Å². The molecular weight excluding hydrogens is 1260 g/mol. The minimum atomic E-state index is -7.06. The molecule has 27 heteroatoms. The van der Waals surface area contributed by atoms with E-state index in [4.69, 9.17) is 17.8 Å². The van der Waals surface area contributed by atoms with Gasteiger partial charge in [0.1, 0.15) is 0 Å². The van der Waals surface area contributed by atoms with E-state index in [2.05, 4.69) is 51.2 Å². The molecule has 0 unspecified atom stereocenters. The molecule has 6 bridgehead atoms. The van der Waals surface area contributed by atoms with Crippen LogP contribution in [0, 0.1) is 69.8 Å². The van der Waals surface area contributed by atoms with E-state index >= 15 is 52.7 Å². The van der Waals surface area contributed by atoms with Gasteiger partial charge in [0.05, 0.1) is 0 Å². The first-order valence-electron chi connectivity index (χ1n) is 24.3. The van der Waals surface area contributed by atoms with Gasteiger partial charge in [-0.05, 0) is 0 Å². The Balaban J connectivity index is 1.21. The molecule has 0 aliphatic carbocycles. The van der Waals surface area contributed by atoms with Crippen LogP contribution in [-0.2, 0) is 0 Å². The molecule has 4 aliphatic heterocycles. The Bertz CT molecular complexity index is 4850. The van der Waals surface area contributed by atoms with Crippen molar-refractivity contribution in [3.63, 3.8) is 0 Å². The van der Waals surface area contributed by atoms with Gasteiger partial charge >= 0.3 is 470 Å². The number of amidine groups is 4. The molecule has 6 heterocycles. The van der Waals surface area contributed by atoms with Gasteiger partial charge in [-0.3, -0.25) is 0 Å². The van der Waals surface area contributed by atoms with E-state index in [1.54, 1.807) is 24.3 Å². The fourth-order valence-electron chi connectivity index (χ4n) is 10.3. The fraction of sp³-hybridized carbons (Fsp3) is 0. The Labute approximate surface area is 467 Å². The maximum absolute atomic E-state index is 18.1. The summed E-state index contributed by atoms with van der Waals surface area (Å²) in [6, 6.07) is 28.7. The number of hydrogen-bond donors (Lipinski definition) is 4. The molecule has 0 amide bonds. The van der Waals surface area contributed by atoms with Crippen molar-refractivity contribution in [1.29, 1.82) is 0 Å². The summed E-state index contributed by atoms with van der Waals surface area (Å²) in [5.41, 5.74) is -11.6. The molecule has 8 aromatic carbocycles. The van der Waals surface area contributed by atoms with Crippen molar-refractivity contribution in [3.8, 4) is 0 Å². The second-order valence-corrected chi connectivity index (χ2v) is 32.5. The predicted molar refractivity (Wildman–Crippen MR) is 291 cm³/mol. The number of hydrogen-bond acceptors (Lipinski definition) is 10. The first-order valence-corrected chi connectivity index (χ1v) is 34.1. The van der Waals surface area contributed by atoms with Crippen LogP contribution >= 0.6 is 17.8 Å². The number of nitrogens with one attached hydrogen (secondary N) is 4. The van der Waals surface area contributed by atoms with Crippen LogP contribution in [0.25, 0.3) is 21.5 Å². The third-order valence-electron chi connectivity index (χ3n) is 13.9. The third kappa shape index (κ3) is 7.64. The van der Waals surface area contributed by atoms with Gasteiger partial charge in [0.25, 0.3) is 0 Å². The molecule has 0 saturated heterocycles. The number of aromatic nitrogens is 2. The van der Waals surface area contributed by atoms with Gasteiger partial charge in [0.2, 0.25) is 0 Å². The van der Waals surface area contributed by atoms with Crippen LogP contribution in [0.1, 0.15) is 22.3 Å². The zero-order valence-corrected chi connectivity index (χ0v) is 45.3. The number of fused-ring (bicyclic) bond motifs is 14. The van der Waals surface area contributed by atoms with Gasteiger partial charge in [-0.1, -0.05) is 0 Å². The summed E-state index contributed by atoms with van der Waals surface area (Å²) < 4.78 is 209. The number of para-hydroxylation sites is 4. The first-order chi connectivity index (χ1) is 39.9. The molecule has 0 spiro atoms. The van der Waals surface area contributed by atoms with Crippen molar-refractivity contribution in [1.82, 2.24) is 5.58 Å². The van der Waals surface area contributed by atoms with Crippen molar-refractivity contribution in [3.05, 3.63) is 224 Å². The van der Waals surface area contributed by atoms with Crippen LogP contribution in [0.15, 0.2) is 151 Å². The van der Waals surface area contributed by atoms with E-state index < -0.39 is 199 Å². The summed E-state index contributed by atoms with van der Waals surface area (Å²) in [6.07, 6.45) is 0. The van der Waals surface area contributed by atoms with E-state index in [9.17, 15) is 0 Å². The molecule has 83 heavy (non-hydrogen) atoms. The molecular formula is C56H24Cl2F12N12Sn. The van der Waals surface area contributed by atoms with Crippen molar-refractivity contribution >= 4 is 137 Å². The van der Waals surface area contributed by atoms with Crippen LogP contribution in [-0.4, -0.2) is 45.6 Å². The van der Waals surface area contributed by atoms with Crippen LogP contribution < -0.4 is 32.2 Å². The maximum atomic E-state index is 18.1. The summed E-state index contributed by atoms with van der Waals surface area (Å²) in [5.74, 6) is -29.1. The number of nitrogens with zero attached hydrogens (tertiary/aromatic N) is 8. The Hall–Kier alpha value is -9.14. The average molecular weight is 1280 g/mol. The Morgan fingerprint density at radius 1 is 0.289 bits per heavy atom. The molecule has 0 saturated carbocycles. The van der Waals surface area contributed by atoms with Gasteiger partial charge in [0.15, 0.2) is 0 Å². The molecule has 12 nitrogen and oxygen atoms in total. The van der Waals surface area contributed by atoms with E-state index in [1.807, 2.05) is 0 Å². The monoisotopic (exact) mass is 1280 g/mol. The molecule has 410 valence electrons. The second-order valence-electron chi connectivity index (χ2n) is 18.7. The molecule has 0 radical (unpaired) electrons. The Kier molecular flexibility index (Phi) is 11.9. The molecule has 14 rings (SSSR count). The predicted octanol–water partition coefficient (Wildman–Crippen LogP) is 14.5. The van der Waals surface area contributed by atoms with Crippen molar-refractivity contribution < 1.29 is 52.7 Å². The zero-order chi connectivity index (χ0) is 57.7. The Morgan fingerprint density at radius 3 is 0.940 bits per heavy atom. The van der Waals surface area contributed by atoms with Gasteiger partial charge in [-0.25, -0.2) is 0 Å². The number of rotatable bonds is 8. The van der Waals surface area contributed by atoms with Crippen molar-refractivity contribution in [2.45, 2.75) is 0 Å². The average Bonchev–Trinajstić information content (AvgIpc) is 1.98. The fourth-order valence-corrected chi connectivity index (χ4v) is 19.9. The standard InChI is InChI=1S/C56H24F12N12.2ClH.Sn/c57-33-25-29(37(61)45(41(33)65)69-21-13-5-1-6-14-21)53-75-49(25)73-50-27-31(39(63)47(43(67)35(27)59)71-23-17-9-3-10-18-23)55(77-50)80-56-32-28(36(60)44(68)48(40(32)64)72-24-19-11-4-12-20-24)52(78-56)74-51-26-30(54(76-51)79-53)38(62)46(42(66)34(26)58)70-22-15-7-2-8-16-22;;;/h1-20,69-72H;2*1H;/q-2;;;+4/p-2. The van der Waals surface area contributed by atoms with Crippen molar-refractivity contribution in [2.75, 3.05) is 21.3 Å². The summed E-state index contributed by atoms with van der Waals surface area (Å²) in [4.78, 5) is 26.0. The number of aliphatic imine (C=N–C) groups is 4. The van der Waals surface area contributed by atoms with Gasteiger partial charge in [0, 0.05) is 0 Å². The zero-order valence-electron chi connectivity index (χ0n) is 40.9. The summed E-state index contributed by atoms with van der Waals surface area (Å²) in [6.45, 7) is 0. The van der Waals surface area contributed by atoms with E-state index in [1.165, 1.54) is 97.1 Å². The molecule has 4 aliphatic rings. The normalized spacial score (nSPS) is 14.2. The SMILES string of the molecule is Fc1c(F)c2c(c(F)c1Nc1ccccc1)C1=NC2=Nc2c3c(F)c(F)c(Nc4ccccc4)c(F)c3c3[n]2[Sn]([Cl])([Cl])[n]2c(c4c(F)c(F)c(Nc5ccccc5)c(F)c4c2=N1)=NC1=NC(=N3)c2c(F)c(Nc3ccccc3)c(F)c(F)c21. The van der Waals surface area contributed by atoms with Crippen LogP contribution in [0.5, 0.6) is 0 Å². The van der Waals surface area contributed by atoms with Gasteiger partial charge < -0.3 is 0 Å².